The Balaban J connectivity index is 1.78. The number of carbonyl (C=O) groups excluding carboxylic acids is 2. The lowest BCUT2D eigenvalue weighted by Crippen LogP contribution is -2.41. The molecule has 2 amide bonds. The zero-order valence-electron chi connectivity index (χ0n) is 18.6. The lowest BCUT2D eigenvalue weighted by molar-refractivity contribution is -0.137. The van der Waals surface area contributed by atoms with Crippen molar-refractivity contribution < 1.29 is 22.8 Å². The van der Waals surface area contributed by atoms with Gasteiger partial charge in [-0.15, -0.1) is 0 Å². The number of hydrogen-bond acceptors (Lipinski definition) is 5. The minimum Gasteiger partial charge on any atom is -0.388 e. The molecule has 2 aromatic rings. The summed E-state index contributed by atoms with van der Waals surface area (Å²) in [5, 5.41) is 9.54. The van der Waals surface area contributed by atoms with Crippen molar-refractivity contribution in [1.82, 2.24) is 20.0 Å². The zero-order valence-corrected chi connectivity index (χ0v) is 18.6. The lowest BCUT2D eigenvalue weighted by atomic mass is 10.0. The minimum absolute atomic E-state index is 0.0173. The third-order valence-electron chi connectivity index (χ3n) is 5.73. The second-order valence-electron chi connectivity index (χ2n) is 8.03. The summed E-state index contributed by atoms with van der Waals surface area (Å²) in [6.07, 6.45) is -3.46. The summed E-state index contributed by atoms with van der Waals surface area (Å²) < 4.78 is 40.9. The van der Waals surface area contributed by atoms with E-state index in [1.807, 2.05) is 0 Å². The number of carbonyl (C=O) groups is 2. The van der Waals surface area contributed by atoms with Crippen LogP contribution in [0.4, 0.5) is 18.9 Å². The molecule has 1 aromatic heterocycles. The number of hydrogen-bond donors (Lipinski definition) is 2. The van der Waals surface area contributed by atoms with Crippen molar-refractivity contribution >= 4 is 17.5 Å². The summed E-state index contributed by atoms with van der Waals surface area (Å²) in [5.41, 5.74) is -0.667. The molecule has 1 aliphatic rings. The Morgan fingerprint density at radius 1 is 1.15 bits per heavy atom. The Morgan fingerprint density at radius 3 is 2.39 bits per heavy atom. The lowest BCUT2D eigenvalue weighted by Gasteiger charge is -2.31. The molecule has 1 atom stereocenters. The molecule has 1 aliphatic heterocycles. The number of likely N-dealkylation sites (tertiary alicyclic amines) is 1. The molecule has 0 unspecified atom stereocenters. The molecule has 11 heteroatoms. The fourth-order valence-electron chi connectivity index (χ4n) is 3.80. The Morgan fingerprint density at radius 2 is 1.82 bits per heavy atom. The maximum atomic E-state index is 13.2. The average Bonchev–Trinajstić information content (AvgIpc) is 2.78. The number of alkyl halides is 3. The molecular formula is C22H26F3N5O3. The third-order valence-corrected chi connectivity index (χ3v) is 5.73. The number of benzene rings is 1. The van der Waals surface area contributed by atoms with Gasteiger partial charge in [0.2, 0.25) is 5.91 Å². The van der Waals surface area contributed by atoms with Crippen LogP contribution in [-0.2, 0) is 11.0 Å². The Hall–Kier alpha value is -3.37. The monoisotopic (exact) mass is 465 g/mol. The van der Waals surface area contributed by atoms with Crippen LogP contribution in [0.5, 0.6) is 0 Å². The molecule has 178 valence electrons. The van der Waals surface area contributed by atoms with Gasteiger partial charge in [0.25, 0.3) is 11.5 Å². The summed E-state index contributed by atoms with van der Waals surface area (Å²) in [6.45, 7) is 4.04. The van der Waals surface area contributed by atoms with E-state index in [1.54, 1.807) is 11.8 Å². The first kappa shape index (κ1) is 24.3. The van der Waals surface area contributed by atoms with E-state index in [2.05, 4.69) is 15.7 Å². The Labute approximate surface area is 188 Å². The van der Waals surface area contributed by atoms with Crippen LogP contribution < -0.4 is 16.2 Å². The first-order chi connectivity index (χ1) is 15.5. The minimum atomic E-state index is -4.53. The van der Waals surface area contributed by atoms with Gasteiger partial charge in [-0.25, -0.2) is 4.68 Å². The number of piperidine rings is 1. The molecule has 2 N–H and O–H groups in total. The van der Waals surface area contributed by atoms with Gasteiger partial charge < -0.3 is 15.5 Å². The summed E-state index contributed by atoms with van der Waals surface area (Å²) in [7, 11) is 1.51. The van der Waals surface area contributed by atoms with E-state index in [4.69, 9.17) is 0 Å². The van der Waals surface area contributed by atoms with Crippen LogP contribution in [0.1, 0.15) is 60.4 Å². The van der Waals surface area contributed by atoms with E-state index in [0.29, 0.717) is 25.9 Å². The highest BCUT2D eigenvalue weighted by molar-refractivity contribution is 5.92. The van der Waals surface area contributed by atoms with Gasteiger partial charge in [-0.3, -0.25) is 14.4 Å². The van der Waals surface area contributed by atoms with Gasteiger partial charge in [0.15, 0.2) is 0 Å². The average molecular weight is 465 g/mol. The van der Waals surface area contributed by atoms with Crippen molar-refractivity contribution in [2.75, 3.05) is 25.5 Å². The van der Waals surface area contributed by atoms with E-state index in [9.17, 15) is 27.6 Å². The van der Waals surface area contributed by atoms with Crippen molar-refractivity contribution in [2.45, 2.75) is 44.9 Å². The van der Waals surface area contributed by atoms with Gasteiger partial charge >= 0.3 is 6.18 Å². The molecule has 3 rings (SSSR count). The standard InChI is InChI=1S/C22H26F3N5O3/c1-13(15-10-16(22(23,24)25)12-17(11-15)26-3)27-21(33)19-4-5-20(32)30(28-19)18-6-8-29(9-7-18)14(2)31/h4-5,10-13,18,26H,6-9H2,1-3H3,(H,27,33)/t13-/m1/s1. The number of amides is 2. The molecule has 1 fully saturated rings. The topological polar surface area (TPSA) is 96.3 Å². The smallest absolute Gasteiger partial charge is 0.388 e. The highest BCUT2D eigenvalue weighted by atomic mass is 19.4. The number of halogens is 3. The first-order valence-electron chi connectivity index (χ1n) is 10.6. The highest BCUT2D eigenvalue weighted by Gasteiger charge is 2.32. The molecule has 0 spiro atoms. The van der Waals surface area contributed by atoms with Gasteiger partial charge in [0.1, 0.15) is 5.69 Å². The van der Waals surface area contributed by atoms with E-state index in [1.165, 1.54) is 36.9 Å². The molecule has 1 aromatic carbocycles. The van der Waals surface area contributed by atoms with Gasteiger partial charge in [0.05, 0.1) is 17.6 Å². The van der Waals surface area contributed by atoms with Crippen molar-refractivity contribution in [2.24, 2.45) is 0 Å². The number of aromatic nitrogens is 2. The van der Waals surface area contributed by atoms with Crippen LogP contribution in [0.2, 0.25) is 0 Å². The van der Waals surface area contributed by atoms with Gasteiger partial charge in [-0.1, -0.05) is 0 Å². The summed E-state index contributed by atoms with van der Waals surface area (Å²) in [6, 6.07) is 5.05. The molecule has 2 heterocycles. The number of nitrogens with one attached hydrogen (secondary N) is 2. The van der Waals surface area contributed by atoms with Crippen molar-refractivity contribution in [3.63, 3.8) is 0 Å². The van der Waals surface area contributed by atoms with Gasteiger partial charge in [-0.05, 0) is 49.6 Å². The first-order valence-corrected chi connectivity index (χ1v) is 10.6. The SMILES string of the molecule is CNc1cc([C@@H](C)NC(=O)c2ccc(=O)n(C3CCN(C(C)=O)CC3)n2)cc(C(F)(F)F)c1. The largest absolute Gasteiger partial charge is 0.416 e. The number of rotatable bonds is 5. The Kier molecular flexibility index (Phi) is 7.09. The highest BCUT2D eigenvalue weighted by Crippen LogP contribution is 2.33. The van der Waals surface area contributed by atoms with E-state index >= 15 is 0 Å². The molecule has 1 saturated heterocycles. The summed E-state index contributed by atoms with van der Waals surface area (Å²) in [4.78, 5) is 38.3. The summed E-state index contributed by atoms with van der Waals surface area (Å²) >= 11 is 0. The number of nitrogens with zero attached hydrogens (tertiary/aromatic N) is 3. The molecule has 0 radical (unpaired) electrons. The molecule has 0 bridgehead atoms. The fraction of sp³-hybridized carbons (Fsp3) is 0.455. The molecule has 8 nitrogen and oxygen atoms in total. The van der Waals surface area contributed by atoms with E-state index < -0.39 is 23.7 Å². The molecule has 0 saturated carbocycles. The quantitative estimate of drug-likeness (QED) is 0.708. The normalized spacial score (nSPS) is 15.8. The van der Waals surface area contributed by atoms with Crippen LogP contribution in [0, 0.1) is 0 Å². The van der Waals surface area contributed by atoms with Gasteiger partial charge in [-0.2, -0.15) is 18.3 Å². The fourth-order valence-corrected chi connectivity index (χ4v) is 3.80. The molecular weight excluding hydrogens is 439 g/mol. The second kappa shape index (κ2) is 9.63. The van der Waals surface area contributed by atoms with Crippen molar-refractivity contribution in [3.05, 3.63) is 57.5 Å². The van der Waals surface area contributed by atoms with Crippen LogP contribution in [0.3, 0.4) is 0 Å². The maximum absolute atomic E-state index is 13.2. The molecule has 0 aliphatic carbocycles. The zero-order chi connectivity index (χ0) is 24.3. The Bertz CT molecular complexity index is 1090. The predicted molar refractivity (Wildman–Crippen MR) is 116 cm³/mol. The molecule has 33 heavy (non-hydrogen) atoms. The predicted octanol–water partition coefficient (Wildman–Crippen LogP) is 2.98. The van der Waals surface area contributed by atoms with Gasteiger partial charge in [0, 0.05) is 38.8 Å². The third kappa shape index (κ3) is 5.71. The maximum Gasteiger partial charge on any atom is 0.416 e. The van der Waals surface area contributed by atoms with Crippen molar-refractivity contribution in [1.29, 1.82) is 0 Å². The van der Waals surface area contributed by atoms with Crippen LogP contribution >= 0.6 is 0 Å². The van der Waals surface area contributed by atoms with Crippen LogP contribution in [0.15, 0.2) is 35.1 Å². The summed E-state index contributed by atoms with van der Waals surface area (Å²) in [5.74, 6) is -0.646. The van der Waals surface area contributed by atoms with Crippen LogP contribution in [0.25, 0.3) is 0 Å². The second-order valence-corrected chi connectivity index (χ2v) is 8.03. The van der Waals surface area contributed by atoms with Crippen molar-refractivity contribution in [3.8, 4) is 0 Å². The number of anilines is 1. The van der Waals surface area contributed by atoms with E-state index in [-0.39, 0.29) is 34.5 Å². The van der Waals surface area contributed by atoms with Crippen LogP contribution in [-0.4, -0.2) is 46.6 Å². The van der Waals surface area contributed by atoms with E-state index in [0.717, 1.165) is 12.1 Å².